The Hall–Kier alpha value is -1.42. The van der Waals surface area contributed by atoms with Crippen LogP contribution in [-0.2, 0) is 5.41 Å². The van der Waals surface area contributed by atoms with E-state index in [1.807, 2.05) is 6.07 Å². The third kappa shape index (κ3) is 2.24. The van der Waals surface area contributed by atoms with E-state index < -0.39 is 11.1 Å². The van der Waals surface area contributed by atoms with Crippen molar-refractivity contribution in [3.05, 3.63) is 45.9 Å². The van der Waals surface area contributed by atoms with Gasteiger partial charge in [0.15, 0.2) is 0 Å². The third-order valence-electron chi connectivity index (χ3n) is 6.55. The van der Waals surface area contributed by atoms with Gasteiger partial charge < -0.3 is 15.5 Å². The lowest BCUT2D eigenvalue weighted by atomic mass is 9.60. The molecule has 138 valence electrons. The fourth-order valence-electron chi connectivity index (χ4n) is 5.04. The first-order valence-electron chi connectivity index (χ1n) is 8.93. The Morgan fingerprint density at radius 2 is 1.65 bits per heavy atom. The first-order valence-corrected chi connectivity index (χ1v) is 9.68. The smallest absolute Gasteiger partial charge is 0.117 e. The number of benzene rings is 2. The van der Waals surface area contributed by atoms with Crippen molar-refractivity contribution in [1.29, 1.82) is 0 Å². The Morgan fingerprint density at radius 3 is 2.35 bits per heavy atom. The SMILES string of the molecule is CC1(C)Nc2cc(Cl)c(-c3ccc(O)cc3Cl)cc2C2(C)CCCC12O. The van der Waals surface area contributed by atoms with Gasteiger partial charge in [0.25, 0.3) is 0 Å². The van der Waals surface area contributed by atoms with Crippen LogP contribution in [0.15, 0.2) is 30.3 Å². The highest BCUT2D eigenvalue weighted by Crippen LogP contribution is 2.59. The van der Waals surface area contributed by atoms with E-state index in [-0.39, 0.29) is 11.2 Å². The van der Waals surface area contributed by atoms with Crippen LogP contribution in [0, 0.1) is 0 Å². The predicted octanol–water partition coefficient (Wildman–Crippen LogP) is 5.74. The second kappa shape index (κ2) is 5.54. The lowest BCUT2D eigenvalue weighted by molar-refractivity contribution is -0.0628. The van der Waals surface area contributed by atoms with Gasteiger partial charge >= 0.3 is 0 Å². The number of fused-ring (bicyclic) bond motifs is 3. The summed E-state index contributed by atoms with van der Waals surface area (Å²) < 4.78 is 0. The number of anilines is 1. The molecule has 1 fully saturated rings. The van der Waals surface area contributed by atoms with Gasteiger partial charge in [0, 0.05) is 22.2 Å². The van der Waals surface area contributed by atoms with Gasteiger partial charge in [0.1, 0.15) is 5.75 Å². The van der Waals surface area contributed by atoms with Crippen LogP contribution >= 0.6 is 23.2 Å². The number of phenols is 1. The second-order valence-corrected chi connectivity index (χ2v) is 9.15. The molecule has 4 rings (SSSR count). The third-order valence-corrected chi connectivity index (χ3v) is 7.18. The minimum absolute atomic E-state index is 0.119. The molecule has 1 saturated carbocycles. The molecule has 0 saturated heterocycles. The number of hydrogen-bond donors (Lipinski definition) is 3. The van der Waals surface area contributed by atoms with E-state index in [0.717, 1.165) is 41.6 Å². The highest BCUT2D eigenvalue weighted by atomic mass is 35.5. The van der Waals surface area contributed by atoms with Crippen LogP contribution < -0.4 is 5.32 Å². The van der Waals surface area contributed by atoms with Crippen LogP contribution in [0.25, 0.3) is 11.1 Å². The minimum atomic E-state index is -0.836. The molecule has 2 aromatic carbocycles. The molecule has 2 atom stereocenters. The van der Waals surface area contributed by atoms with E-state index in [4.69, 9.17) is 23.2 Å². The largest absolute Gasteiger partial charge is 0.508 e. The van der Waals surface area contributed by atoms with Crippen molar-refractivity contribution in [2.75, 3.05) is 5.32 Å². The summed E-state index contributed by atoms with van der Waals surface area (Å²) in [6.45, 7) is 6.26. The summed E-state index contributed by atoms with van der Waals surface area (Å²) >= 11 is 13.0. The molecule has 2 aromatic rings. The van der Waals surface area contributed by atoms with Gasteiger partial charge in [0.2, 0.25) is 0 Å². The first kappa shape index (κ1) is 18.0. The van der Waals surface area contributed by atoms with Gasteiger partial charge in [-0.15, -0.1) is 0 Å². The number of aromatic hydroxyl groups is 1. The van der Waals surface area contributed by atoms with Crippen molar-refractivity contribution in [3.63, 3.8) is 0 Å². The number of nitrogens with one attached hydrogen (secondary N) is 1. The van der Waals surface area contributed by atoms with E-state index in [2.05, 4.69) is 32.2 Å². The molecule has 26 heavy (non-hydrogen) atoms. The lowest BCUT2D eigenvalue weighted by Crippen LogP contribution is -2.65. The summed E-state index contributed by atoms with van der Waals surface area (Å²) in [6.07, 6.45) is 2.67. The topological polar surface area (TPSA) is 52.5 Å². The molecular weight excluding hydrogens is 369 g/mol. The van der Waals surface area contributed by atoms with Gasteiger partial charge in [0.05, 0.1) is 21.2 Å². The average Bonchev–Trinajstić information content (AvgIpc) is 2.86. The van der Waals surface area contributed by atoms with Gasteiger partial charge in [-0.05, 0) is 69.0 Å². The van der Waals surface area contributed by atoms with Crippen molar-refractivity contribution in [3.8, 4) is 16.9 Å². The highest BCUT2D eigenvalue weighted by molar-refractivity contribution is 6.36. The second-order valence-electron chi connectivity index (χ2n) is 8.34. The van der Waals surface area contributed by atoms with E-state index >= 15 is 0 Å². The van der Waals surface area contributed by atoms with Crippen LogP contribution in [0.2, 0.25) is 10.0 Å². The Kier molecular flexibility index (Phi) is 3.83. The van der Waals surface area contributed by atoms with Crippen molar-refractivity contribution < 1.29 is 10.2 Å². The summed E-state index contributed by atoms with van der Waals surface area (Å²) in [5, 5.41) is 25.8. The van der Waals surface area contributed by atoms with E-state index in [0.29, 0.717) is 10.0 Å². The first-order chi connectivity index (χ1) is 12.1. The Labute approximate surface area is 164 Å². The fourth-order valence-corrected chi connectivity index (χ4v) is 5.58. The van der Waals surface area contributed by atoms with Gasteiger partial charge in [-0.25, -0.2) is 0 Å². The van der Waals surface area contributed by atoms with E-state index in [1.165, 1.54) is 6.07 Å². The number of hydrogen-bond acceptors (Lipinski definition) is 3. The molecule has 2 unspecified atom stereocenters. The molecule has 3 N–H and O–H groups in total. The maximum Gasteiger partial charge on any atom is 0.117 e. The summed E-state index contributed by atoms with van der Waals surface area (Å²) in [6, 6.07) is 8.87. The Balaban J connectivity index is 1.96. The molecule has 5 heteroatoms. The Morgan fingerprint density at radius 1 is 0.962 bits per heavy atom. The predicted molar refractivity (Wildman–Crippen MR) is 107 cm³/mol. The van der Waals surface area contributed by atoms with Gasteiger partial charge in [-0.1, -0.05) is 30.1 Å². The molecule has 2 aliphatic rings. The molecular formula is C21H23Cl2NO2. The zero-order valence-electron chi connectivity index (χ0n) is 15.2. The number of aliphatic hydroxyl groups is 1. The van der Waals surface area contributed by atoms with Crippen LogP contribution in [0.5, 0.6) is 5.75 Å². The van der Waals surface area contributed by atoms with Crippen molar-refractivity contribution in [2.24, 2.45) is 0 Å². The fraction of sp³-hybridized carbons (Fsp3) is 0.429. The average molecular weight is 392 g/mol. The number of halogens is 2. The lowest BCUT2D eigenvalue weighted by Gasteiger charge is -2.55. The van der Waals surface area contributed by atoms with Crippen LogP contribution in [0.3, 0.4) is 0 Å². The molecule has 1 aliphatic heterocycles. The summed E-state index contributed by atoms with van der Waals surface area (Å²) in [5.41, 5.74) is 1.97. The maximum atomic E-state index is 11.6. The van der Waals surface area contributed by atoms with Crippen LogP contribution in [-0.4, -0.2) is 21.4 Å². The Bertz CT molecular complexity index is 911. The molecule has 3 nitrogen and oxygen atoms in total. The normalized spacial score (nSPS) is 29.0. The maximum absolute atomic E-state index is 11.6. The van der Waals surface area contributed by atoms with Crippen LogP contribution in [0.1, 0.15) is 45.6 Å². The summed E-state index contributed by atoms with van der Waals surface area (Å²) in [5.74, 6) is 0.119. The van der Waals surface area contributed by atoms with Crippen LogP contribution in [0.4, 0.5) is 5.69 Å². The van der Waals surface area contributed by atoms with Crippen molar-refractivity contribution in [2.45, 2.75) is 56.6 Å². The molecule has 0 bridgehead atoms. The molecule has 0 radical (unpaired) electrons. The molecule has 0 spiro atoms. The standard InChI is InChI=1S/C21H23Cl2NO2/c1-19(2)21(26)8-4-7-20(21,3)15-10-14(17(23)11-18(15)24-19)13-6-5-12(25)9-16(13)22/h5-6,9-11,24-26H,4,7-8H2,1-3H3. The van der Waals surface area contributed by atoms with E-state index in [1.54, 1.807) is 12.1 Å². The molecule has 1 aliphatic carbocycles. The number of rotatable bonds is 1. The monoisotopic (exact) mass is 391 g/mol. The molecule has 0 aromatic heterocycles. The molecule has 0 amide bonds. The van der Waals surface area contributed by atoms with E-state index in [9.17, 15) is 10.2 Å². The highest BCUT2D eigenvalue weighted by Gasteiger charge is 2.62. The quantitative estimate of drug-likeness (QED) is 0.580. The van der Waals surface area contributed by atoms with Crippen molar-refractivity contribution in [1.82, 2.24) is 0 Å². The van der Waals surface area contributed by atoms with Gasteiger partial charge in [-0.2, -0.15) is 0 Å². The number of phenolic OH excluding ortho intramolecular Hbond substituents is 1. The summed E-state index contributed by atoms with van der Waals surface area (Å²) in [7, 11) is 0. The zero-order chi connectivity index (χ0) is 18.9. The summed E-state index contributed by atoms with van der Waals surface area (Å²) in [4.78, 5) is 0. The zero-order valence-corrected chi connectivity index (χ0v) is 16.7. The minimum Gasteiger partial charge on any atom is -0.508 e. The van der Waals surface area contributed by atoms with Gasteiger partial charge in [-0.3, -0.25) is 0 Å². The van der Waals surface area contributed by atoms with Crippen molar-refractivity contribution >= 4 is 28.9 Å². The molecule has 1 heterocycles.